The Hall–Kier alpha value is -3.33. The number of benzene rings is 1. The number of amides is 2. The van der Waals surface area contributed by atoms with E-state index < -0.39 is 6.04 Å². The number of ether oxygens (including phenoxy) is 1. The highest BCUT2D eigenvalue weighted by Gasteiger charge is 2.34. The van der Waals surface area contributed by atoms with Crippen LogP contribution in [0.1, 0.15) is 59.8 Å². The van der Waals surface area contributed by atoms with Gasteiger partial charge in [-0.3, -0.25) is 14.6 Å². The second-order valence-electron chi connectivity index (χ2n) is 8.06. The van der Waals surface area contributed by atoms with Gasteiger partial charge in [0, 0.05) is 24.0 Å². The maximum atomic E-state index is 13.7. The molecular formula is C24H27N5O3S. The Balaban J connectivity index is 1.73. The number of carbonyl (C=O) groups is 2. The van der Waals surface area contributed by atoms with Crippen LogP contribution < -0.4 is 10.1 Å². The fourth-order valence-electron chi connectivity index (χ4n) is 4.25. The molecule has 2 aromatic heterocycles. The topological polar surface area (TPSA) is 97.3 Å². The summed E-state index contributed by atoms with van der Waals surface area (Å²) in [5.74, 6) is 0.0719. The van der Waals surface area contributed by atoms with Crippen molar-refractivity contribution in [1.82, 2.24) is 23.9 Å². The molecule has 1 atom stereocenters. The molecule has 33 heavy (non-hydrogen) atoms. The van der Waals surface area contributed by atoms with E-state index in [-0.39, 0.29) is 30.1 Å². The van der Waals surface area contributed by atoms with E-state index in [1.807, 2.05) is 24.3 Å². The predicted molar refractivity (Wildman–Crippen MR) is 125 cm³/mol. The standard InChI is InChI=1S/C24H27N5O3S/c1-32-21-10-6-5-7-18(21)16-29(24(31)20-15-26-33-28-20)22(17-11-13-25-14-12-17)23(30)27-19-8-3-2-4-9-19/h5-7,10-15,19,22H,2-4,8-9,16H2,1H3,(H,27,30). The molecule has 0 aliphatic heterocycles. The first-order valence-corrected chi connectivity index (χ1v) is 11.8. The lowest BCUT2D eigenvalue weighted by molar-refractivity contribution is -0.127. The maximum Gasteiger partial charge on any atom is 0.276 e. The van der Waals surface area contributed by atoms with Crippen molar-refractivity contribution in [2.75, 3.05) is 7.11 Å². The number of nitrogens with one attached hydrogen (secondary N) is 1. The van der Waals surface area contributed by atoms with Gasteiger partial charge in [0.05, 0.1) is 31.6 Å². The Bertz CT molecular complexity index is 1050. The first-order valence-electron chi connectivity index (χ1n) is 11.1. The van der Waals surface area contributed by atoms with Crippen LogP contribution in [-0.2, 0) is 11.3 Å². The van der Waals surface area contributed by atoms with E-state index in [0.717, 1.165) is 43.0 Å². The summed E-state index contributed by atoms with van der Waals surface area (Å²) in [6.07, 6.45) is 9.98. The Labute approximate surface area is 197 Å². The van der Waals surface area contributed by atoms with E-state index in [4.69, 9.17) is 4.74 Å². The number of carbonyl (C=O) groups excluding carboxylic acids is 2. The summed E-state index contributed by atoms with van der Waals surface area (Å²) in [5, 5.41) is 3.19. The number of hydrogen-bond donors (Lipinski definition) is 1. The van der Waals surface area contributed by atoms with Crippen molar-refractivity contribution in [2.24, 2.45) is 0 Å². The lowest BCUT2D eigenvalue weighted by atomic mass is 9.94. The zero-order chi connectivity index (χ0) is 23.0. The molecule has 0 spiro atoms. The zero-order valence-corrected chi connectivity index (χ0v) is 19.3. The lowest BCUT2D eigenvalue weighted by Crippen LogP contribution is -2.47. The van der Waals surface area contributed by atoms with Crippen molar-refractivity contribution in [3.05, 3.63) is 71.8 Å². The van der Waals surface area contributed by atoms with Gasteiger partial charge in [0.25, 0.3) is 5.91 Å². The Morgan fingerprint density at radius 3 is 2.61 bits per heavy atom. The van der Waals surface area contributed by atoms with E-state index in [0.29, 0.717) is 11.3 Å². The zero-order valence-electron chi connectivity index (χ0n) is 18.5. The molecule has 0 radical (unpaired) electrons. The third kappa shape index (κ3) is 5.54. The minimum atomic E-state index is -0.853. The molecule has 0 saturated heterocycles. The summed E-state index contributed by atoms with van der Waals surface area (Å²) in [4.78, 5) is 32.9. The minimum absolute atomic E-state index is 0.111. The van der Waals surface area contributed by atoms with Crippen LogP contribution in [0.5, 0.6) is 5.75 Å². The SMILES string of the molecule is COc1ccccc1CN(C(=O)c1cnsn1)C(C(=O)NC1CCCCC1)c1ccncc1. The molecule has 4 rings (SSSR count). The van der Waals surface area contributed by atoms with Crippen LogP contribution in [0, 0.1) is 0 Å². The van der Waals surface area contributed by atoms with Gasteiger partial charge in [0.1, 0.15) is 11.8 Å². The molecule has 1 aliphatic rings. The molecule has 1 unspecified atom stereocenters. The van der Waals surface area contributed by atoms with Crippen molar-refractivity contribution < 1.29 is 14.3 Å². The number of hydrogen-bond acceptors (Lipinski definition) is 7. The van der Waals surface area contributed by atoms with E-state index >= 15 is 0 Å². The monoisotopic (exact) mass is 465 g/mol. The first kappa shape index (κ1) is 22.8. The predicted octanol–water partition coefficient (Wildman–Crippen LogP) is 3.77. The molecule has 0 bridgehead atoms. The summed E-state index contributed by atoms with van der Waals surface area (Å²) in [6, 6.07) is 10.3. The van der Waals surface area contributed by atoms with Crippen LogP contribution in [0.3, 0.4) is 0 Å². The second kappa shape index (κ2) is 11.0. The first-order chi connectivity index (χ1) is 16.2. The molecule has 9 heteroatoms. The average Bonchev–Trinajstić information content (AvgIpc) is 3.40. The van der Waals surface area contributed by atoms with Gasteiger partial charge in [-0.25, -0.2) is 0 Å². The van der Waals surface area contributed by atoms with Gasteiger partial charge in [0.2, 0.25) is 5.91 Å². The van der Waals surface area contributed by atoms with Crippen LogP contribution in [-0.4, -0.2) is 43.6 Å². The molecular weight excluding hydrogens is 438 g/mol. The molecule has 1 aromatic carbocycles. The quantitative estimate of drug-likeness (QED) is 0.544. The van der Waals surface area contributed by atoms with Crippen molar-refractivity contribution in [1.29, 1.82) is 0 Å². The fraction of sp³-hybridized carbons (Fsp3) is 0.375. The largest absolute Gasteiger partial charge is 0.496 e. The minimum Gasteiger partial charge on any atom is -0.496 e. The number of rotatable bonds is 8. The van der Waals surface area contributed by atoms with Crippen molar-refractivity contribution in [3.8, 4) is 5.75 Å². The number of methoxy groups -OCH3 is 1. The molecule has 3 aromatic rings. The third-order valence-corrected chi connectivity index (χ3v) is 6.39. The Morgan fingerprint density at radius 1 is 1.15 bits per heavy atom. The molecule has 1 fully saturated rings. The summed E-state index contributed by atoms with van der Waals surface area (Å²) in [7, 11) is 1.59. The second-order valence-corrected chi connectivity index (χ2v) is 8.62. The van der Waals surface area contributed by atoms with Crippen LogP contribution in [0.2, 0.25) is 0 Å². The van der Waals surface area contributed by atoms with Crippen molar-refractivity contribution >= 4 is 23.5 Å². The molecule has 1 aliphatic carbocycles. The Morgan fingerprint density at radius 2 is 1.91 bits per heavy atom. The van der Waals surface area contributed by atoms with Gasteiger partial charge < -0.3 is 15.0 Å². The molecule has 1 N–H and O–H groups in total. The van der Waals surface area contributed by atoms with Crippen molar-refractivity contribution in [3.63, 3.8) is 0 Å². The fourth-order valence-corrected chi connectivity index (χ4v) is 4.66. The van der Waals surface area contributed by atoms with E-state index in [1.54, 1.807) is 36.5 Å². The summed E-state index contributed by atoms with van der Waals surface area (Å²) in [6.45, 7) is 0.172. The van der Waals surface area contributed by atoms with E-state index in [2.05, 4.69) is 19.0 Å². The van der Waals surface area contributed by atoms with Gasteiger partial charge in [-0.05, 0) is 36.6 Å². The van der Waals surface area contributed by atoms with Gasteiger partial charge in [-0.15, -0.1) is 0 Å². The molecule has 2 heterocycles. The highest BCUT2D eigenvalue weighted by atomic mass is 32.1. The number of aromatic nitrogens is 3. The van der Waals surface area contributed by atoms with Gasteiger partial charge in [-0.2, -0.15) is 8.75 Å². The normalized spacial score (nSPS) is 14.9. The van der Waals surface area contributed by atoms with Crippen LogP contribution in [0.4, 0.5) is 0 Å². The average molecular weight is 466 g/mol. The third-order valence-electron chi connectivity index (χ3n) is 5.91. The Kier molecular flexibility index (Phi) is 7.62. The van der Waals surface area contributed by atoms with Crippen molar-refractivity contribution in [2.45, 2.75) is 50.7 Å². The van der Waals surface area contributed by atoms with E-state index in [9.17, 15) is 9.59 Å². The van der Waals surface area contributed by atoms with Gasteiger partial charge >= 0.3 is 0 Å². The summed E-state index contributed by atoms with van der Waals surface area (Å²) in [5.41, 5.74) is 1.69. The maximum absolute atomic E-state index is 13.7. The molecule has 2 amide bonds. The smallest absolute Gasteiger partial charge is 0.276 e. The van der Waals surface area contributed by atoms with Crippen LogP contribution in [0.15, 0.2) is 55.0 Å². The summed E-state index contributed by atoms with van der Waals surface area (Å²) >= 11 is 0.961. The number of nitrogens with zero attached hydrogens (tertiary/aromatic N) is 4. The van der Waals surface area contributed by atoms with Crippen LogP contribution >= 0.6 is 11.7 Å². The highest BCUT2D eigenvalue weighted by molar-refractivity contribution is 6.99. The lowest BCUT2D eigenvalue weighted by Gasteiger charge is -2.33. The van der Waals surface area contributed by atoms with Crippen LogP contribution in [0.25, 0.3) is 0 Å². The van der Waals surface area contributed by atoms with Gasteiger partial charge in [-0.1, -0.05) is 37.5 Å². The van der Waals surface area contributed by atoms with Gasteiger partial charge in [0.15, 0.2) is 5.69 Å². The molecule has 172 valence electrons. The molecule has 8 nitrogen and oxygen atoms in total. The molecule has 1 saturated carbocycles. The number of pyridine rings is 1. The highest BCUT2D eigenvalue weighted by Crippen LogP contribution is 2.29. The van der Waals surface area contributed by atoms with E-state index in [1.165, 1.54) is 12.6 Å². The summed E-state index contributed by atoms with van der Waals surface area (Å²) < 4.78 is 13.6. The number of para-hydroxylation sites is 1.